The average Bonchev–Trinajstić information content (AvgIpc) is 3.59. The number of hydrogen-bond acceptors (Lipinski definition) is 6. The lowest BCUT2D eigenvalue weighted by atomic mass is 9.98. The summed E-state index contributed by atoms with van der Waals surface area (Å²) < 4.78 is 16.4. The number of methoxy groups -OCH3 is 1. The number of likely N-dealkylation sites (tertiary alicyclic amines) is 1. The largest absolute Gasteiger partial charge is 0.479 e. The van der Waals surface area contributed by atoms with Crippen molar-refractivity contribution in [2.24, 2.45) is 0 Å². The van der Waals surface area contributed by atoms with Gasteiger partial charge in [0.1, 0.15) is 6.61 Å². The van der Waals surface area contributed by atoms with Crippen molar-refractivity contribution in [1.29, 1.82) is 0 Å². The molecule has 3 aliphatic rings. The van der Waals surface area contributed by atoms with E-state index in [1.165, 1.54) is 12.0 Å². The van der Waals surface area contributed by atoms with Gasteiger partial charge in [-0.15, -0.1) is 0 Å². The van der Waals surface area contributed by atoms with E-state index in [2.05, 4.69) is 17.4 Å². The van der Waals surface area contributed by atoms with Crippen LogP contribution in [0.5, 0.6) is 0 Å². The summed E-state index contributed by atoms with van der Waals surface area (Å²) in [5.74, 6) is -1.52. The highest BCUT2D eigenvalue weighted by Gasteiger charge is 2.49. The van der Waals surface area contributed by atoms with E-state index in [0.717, 1.165) is 22.3 Å². The van der Waals surface area contributed by atoms with Gasteiger partial charge < -0.3 is 29.5 Å². The summed E-state index contributed by atoms with van der Waals surface area (Å²) in [6.45, 7) is 0.672. The molecule has 2 aromatic rings. The molecular weight excluding hydrogens is 452 g/mol. The Hall–Kier alpha value is -3.43. The maximum Gasteiger partial charge on any atom is 0.407 e. The first-order valence-electron chi connectivity index (χ1n) is 11.7. The van der Waals surface area contributed by atoms with E-state index in [1.54, 1.807) is 0 Å². The van der Waals surface area contributed by atoms with Crippen LogP contribution in [-0.2, 0) is 23.8 Å². The molecule has 2 saturated heterocycles. The lowest BCUT2D eigenvalue weighted by Crippen LogP contribution is -2.51. The Bertz CT molecular complexity index is 1110. The minimum Gasteiger partial charge on any atom is -0.479 e. The van der Waals surface area contributed by atoms with Crippen molar-refractivity contribution >= 4 is 18.0 Å². The molecular formula is C26H28N2O7. The minimum absolute atomic E-state index is 0.0603. The summed E-state index contributed by atoms with van der Waals surface area (Å²) in [7, 11) is 1.33. The zero-order valence-electron chi connectivity index (χ0n) is 19.4. The molecule has 1 unspecified atom stereocenters. The molecule has 0 spiro atoms. The zero-order valence-corrected chi connectivity index (χ0v) is 19.4. The monoisotopic (exact) mass is 480 g/mol. The Kier molecular flexibility index (Phi) is 6.21. The molecule has 2 fully saturated rings. The van der Waals surface area contributed by atoms with Gasteiger partial charge in [0, 0.05) is 32.6 Å². The highest BCUT2D eigenvalue weighted by atomic mass is 16.6. The number of hydrogen-bond donors (Lipinski definition) is 2. The van der Waals surface area contributed by atoms with Gasteiger partial charge in [-0.3, -0.25) is 4.79 Å². The number of carbonyl (C=O) groups excluding carboxylic acids is 2. The number of alkyl carbamates (subject to hydrolysis) is 1. The number of carboxylic acids is 1. The van der Waals surface area contributed by atoms with Crippen LogP contribution in [0.1, 0.15) is 29.9 Å². The summed E-state index contributed by atoms with van der Waals surface area (Å²) in [4.78, 5) is 38.8. The van der Waals surface area contributed by atoms with Crippen molar-refractivity contribution in [3.8, 4) is 11.1 Å². The smallest absolute Gasteiger partial charge is 0.407 e. The molecule has 0 saturated carbocycles. The molecule has 0 bridgehead atoms. The molecule has 2 amide bonds. The van der Waals surface area contributed by atoms with E-state index >= 15 is 0 Å². The first-order chi connectivity index (χ1) is 16.9. The standard InChI is InChI=1S/C26H28N2O7/c1-33-26(24(30)31)11-12-28(15-26)23(29)22-21(10-13-34-22)27-25(32)35-14-20-18-8-4-2-6-16(18)17-7-3-5-9-19(17)20/h2-9,20-22H,10-15H2,1H3,(H,27,32)(H,30,31)/t21-,22+,26?/m1/s1. The number of ether oxygens (including phenoxy) is 3. The van der Waals surface area contributed by atoms with Crippen LogP contribution in [0.15, 0.2) is 48.5 Å². The topological polar surface area (TPSA) is 114 Å². The number of amides is 2. The predicted molar refractivity (Wildman–Crippen MR) is 125 cm³/mol. The first kappa shape index (κ1) is 23.3. The van der Waals surface area contributed by atoms with Crippen LogP contribution in [0.3, 0.4) is 0 Å². The third kappa shape index (κ3) is 4.15. The molecule has 2 aliphatic heterocycles. The van der Waals surface area contributed by atoms with Crippen molar-refractivity contribution in [1.82, 2.24) is 10.2 Å². The number of nitrogens with one attached hydrogen (secondary N) is 1. The van der Waals surface area contributed by atoms with Gasteiger partial charge in [-0.25, -0.2) is 9.59 Å². The van der Waals surface area contributed by atoms with Gasteiger partial charge in [-0.1, -0.05) is 48.5 Å². The number of carbonyl (C=O) groups is 3. The van der Waals surface area contributed by atoms with Crippen LogP contribution in [0.4, 0.5) is 4.79 Å². The van der Waals surface area contributed by atoms with Gasteiger partial charge in [-0.05, 0) is 28.7 Å². The normalized spacial score (nSPS) is 25.2. The third-order valence-electron chi connectivity index (χ3n) is 7.31. The molecule has 184 valence electrons. The lowest BCUT2D eigenvalue weighted by molar-refractivity contribution is -0.161. The molecule has 5 rings (SSSR count). The SMILES string of the molecule is COC1(C(=O)O)CCN(C(=O)[C@H]2OCC[C@H]2NC(=O)OCC2c3ccccc3-c3ccccc32)C1. The van der Waals surface area contributed by atoms with Gasteiger partial charge in [0.2, 0.25) is 0 Å². The van der Waals surface area contributed by atoms with Crippen LogP contribution in [-0.4, -0.2) is 79.1 Å². The van der Waals surface area contributed by atoms with E-state index in [1.807, 2.05) is 36.4 Å². The van der Waals surface area contributed by atoms with E-state index in [0.29, 0.717) is 13.0 Å². The van der Waals surface area contributed by atoms with Crippen LogP contribution < -0.4 is 5.32 Å². The van der Waals surface area contributed by atoms with Crippen molar-refractivity contribution < 1.29 is 33.7 Å². The third-order valence-corrected chi connectivity index (χ3v) is 7.31. The molecule has 0 radical (unpaired) electrons. The second-order valence-electron chi connectivity index (χ2n) is 9.17. The van der Waals surface area contributed by atoms with Gasteiger partial charge in [0.25, 0.3) is 5.91 Å². The summed E-state index contributed by atoms with van der Waals surface area (Å²) in [6.07, 6.45) is -0.847. The van der Waals surface area contributed by atoms with Crippen LogP contribution in [0.2, 0.25) is 0 Å². The average molecular weight is 481 g/mol. The molecule has 3 atom stereocenters. The Balaban J connectivity index is 1.21. The molecule has 9 nitrogen and oxygen atoms in total. The zero-order chi connectivity index (χ0) is 24.6. The first-order valence-corrected chi connectivity index (χ1v) is 11.7. The summed E-state index contributed by atoms with van der Waals surface area (Å²) in [5, 5.41) is 12.3. The number of aliphatic carboxylic acids is 1. The van der Waals surface area contributed by atoms with E-state index in [-0.39, 0.29) is 37.9 Å². The fourth-order valence-electron chi connectivity index (χ4n) is 5.35. The molecule has 2 N–H and O–H groups in total. The summed E-state index contributed by atoms with van der Waals surface area (Å²) >= 11 is 0. The molecule has 9 heteroatoms. The van der Waals surface area contributed by atoms with E-state index < -0.39 is 29.8 Å². The van der Waals surface area contributed by atoms with Crippen LogP contribution >= 0.6 is 0 Å². The molecule has 2 heterocycles. The maximum atomic E-state index is 13.1. The number of rotatable bonds is 6. The van der Waals surface area contributed by atoms with Crippen LogP contribution in [0.25, 0.3) is 11.1 Å². The highest BCUT2D eigenvalue weighted by molar-refractivity contribution is 5.86. The van der Waals surface area contributed by atoms with Crippen molar-refractivity contribution in [3.05, 3.63) is 59.7 Å². The van der Waals surface area contributed by atoms with Gasteiger partial charge in [-0.2, -0.15) is 0 Å². The van der Waals surface area contributed by atoms with Crippen molar-refractivity contribution in [2.75, 3.05) is 33.4 Å². The second kappa shape index (κ2) is 9.31. The van der Waals surface area contributed by atoms with Gasteiger partial charge in [0.15, 0.2) is 11.7 Å². The number of carboxylic acid groups (broad SMARTS) is 1. The van der Waals surface area contributed by atoms with Crippen LogP contribution in [0, 0.1) is 0 Å². The fraction of sp³-hybridized carbons (Fsp3) is 0.423. The Morgan fingerprint density at radius 3 is 2.37 bits per heavy atom. The number of benzene rings is 2. The fourth-order valence-corrected chi connectivity index (χ4v) is 5.35. The quantitative estimate of drug-likeness (QED) is 0.653. The summed E-state index contributed by atoms with van der Waals surface area (Å²) in [5.41, 5.74) is 3.11. The number of nitrogens with zero attached hydrogens (tertiary/aromatic N) is 1. The summed E-state index contributed by atoms with van der Waals surface area (Å²) in [6, 6.07) is 15.6. The minimum atomic E-state index is -1.41. The Morgan fingerprint density at radius 2 is 1.77 bits per heavy atom. The van der Waals surface area contributed by atoms with Gasteiger partial charge in [0.05, 0.1) is 12.6 Å². The second-order valence-corrected chi connectivity index (χ2v) is 9.17. The van der Waals surface area contributed by atoms with E-state index in [9.17, 15) is 19.5 Å². The van der Waals surface area contributed by atoms with Crippen molar-refractivity contribution in [2.45, 2.75) is 36.5 Å². The molecule has 35 heavy (non-hydrogen) atoms. The van der Waals surface area contributed by atoms with Crippen molar-refractivity contribution in [3.63, 3.8) is 0 Å². The maximum absolute atomic E-state index is 13.1. The van der Waals surface area contributed by atoms with Gasteiger partial charge >= 0.3 is 12.1 Å². The Labute approximate surface area is 203 Å². The van der Waals surface area contributed by atoms with E-state index in [4.69, 9.17) is 14.2 Å². The predicted octanol–water partition coefficient (Wildman–Crippen LogP) is 2.38. The highest BCUT2D eigenvalue weighted by Crippen LogP contribution is 2.44. The number of fused-ring (bicyclic) bond motifs is 3. The Morgan fingerprint density at radius 1 is 1.11 bits per heavy atom. The molecule has 0 aromatic heterocycles. The molecule has 2 aromatic carbocycles. The molecule has 1 aliphatic carbocycles. The lowest BCUT2D eigenvalue weighted by Gasteiger charge is -2.26.